The normalized spacial score (nSPS) is 12.7. The molecule has 0 bridgehead atoms. The van der Waals surface area contributed by atoms with Gasteiger partial charge in [-0.3, -0.25) is 0 Å². The van der Waals surface area contributed by atoms with Crippen molar-refractivity contribution in [3.8, 4) is 0 Å². The summed E-state index contributed by atoms with van der Waals surface area (Å²) in [5.41, 5.74) is 1.89. The molecule has 2 nitrogen and oxygen atoms in total. The molecule has 0 spiro atoms. The number of aromatic nitrogens is 1. The van der Waals surface area contributed by atoms with Crippen molar-refractivity contribution in [3.63, 3.8) is 0 Å². The van der Waals surface area contributed by atoms with Crippen LogP contribution < -0.4 is 5.32 Å². The van der Waals surface area contributed by atoms with Gasteiger partial charge in [0.15, 0.2) is 0 Å². The summed E-state index contributed by atoms with van der Waals surface area (Å²) in [5, 5.41) is 4.54. The van der Waals surface area contributed by atoms with E-state index in [4.69, 9.17) is 11.6 Å². The van der Waals surface area contributed by atoms with E-state index < -0.39 is 0 Å². The van der Waals surface area contributed by atoms with Crippen molar-refractivity contribution in [2.75, 3.05) is 0 Å². The Bertz CT molecular complexity index is 739. The van der Waals surface area contributed by atoms with E-state index in [0.29, 0.717) is 6.54 Å². The Hall–Kier alpha value is -1.49. The van der Waals surface area contributed by atoms with Crippen molar-refractivity contribution >= 4 is 33.2 Å². The number of para-hydroxylation sites is 1. The minimum absolute atomic E-state index is 0.0313. The standard InChI is InChI=1S/C16H14ClFN2S/c1-10(11-6-7-12(17)13(18)8-11)19-9-16-20-14-4-2-3-5-15(14)21-16/h2-8,10,19H,9H2,1H3. The molecule has 3 aromatic rings. The minimum Gasteiger partial charge on any atom is -0.304 e. The van der Waals surface area contributed by atoms with E-state index >= 15 is 0 Å². The molecule has 21 heavy (non-hydrogen) atoms. The molecule has 108 valence electrons. The van der Waals surface area contributed by atoms with Gasteiger partial charge in [0, 0.05) is 12.6 Å². The van der Waals surface area contributed by atoms with Gasteiger partial charge in [0.1, 0.15) is 10.8 Å². The Morgan fingerprint density at radius 2 is 2.10 bits per heavy atom. The first-order valence-corrected chi connectivity index (χ1v) is 7.86. The molecule has 1 N–H and O–H groups in total. The maximum absolute atomic E-state index is 13.5. The summed E-state index contributed by atoms with van der Waals surface area (Å²) in [6.07, 6.45) is 0. The summed E-state index contributed by atoms with van der Waals surface area (Å²) >= 11 is 7.37. The Kier molecular flexibility index (Phi) is 4.19. The first-order chi connectivity index (χ1) is 10.1. The third-order valence-electron chi connectivity index (χ3n) is 3.34. The quantitative estimate of drug-likeness (QED) is 0.736. The molecule has 0 saturated heterocycles. The second-order valence-corrected chi connectivity index (χ2v) is 6.37. The zero-order valence-corrected chi connectivity index (χ0v) is 13.0. The summed E-state index contributed by atoms with van der Waals surface area (Å²) < 4.78 is 14.7. The monoisotopic (exact) mass is 320 g/mol. The van der Waals surface area contributed by atoms with Crippen LogP contribution in [0.3, 0.4) is 0 Å². The molecular weight excluding hydrogens is 307 g/mol. The molecule has 3 rings (SSSR count). The number of halogens is 2. The van der Waals surface area contributed by atoms with Crippen LogP contribution in [0.1, 0.15) is 23.5 Å². The van der Waals surface area contributed by atoms with Crippen molar-refractivity contribution in [1.29, 1.82) is 0 Å². The number of hydrogen-bond acceptors (Lipinski definition) is 3. The molecule has 2 aromatic carbocycles. The van der Waals surface area contributed by atoms with Crippen LogP contribution >= 0.6 is 22.9 Å². The van der Waals surface area contributed by atoms with E-state index in [9.17, 15) is 4.39 Å². The summed E-state index contributed by atoms with van der Waals surface area (Å²) in [4.78, 5) is 4.57. The van der Waals surface area contributed by atoms with Gasteiger partial charge >= 0.3 is 0 Å². The average Bonchev–Trinajstić information content (AvgIpc) is 2.90. The Balaban J connectivity index is 1.70. The van der Waals surface area contributed by atoms with Gasteiger partial charge in [0.2, 0.25) is 0 Å². The summed E-state index contributed by atoms with van der Waals surface area (Å²) in [7, 11) is 0. The zero-order chi connectivity index (χ0) is 14.8. The fourth-order valence-corrected chi connectivity index (χ4v) is 3.17. The summed E-state index contributed by atoms with van der Waals surface area (Å²) in [5.74, 6) is -0.386. The number of nitrogens with one attached hydrogen (secondary N) is 1. The molecule has 1 aromatic heterocycles. The number of rotatable bonds is 4. The van der Waals surface area contributed by atoms with Gasteiger partial charge in [-0.2, -0.15) is 0 Å². The highest BCUT2D eigenvalue weighted by Crippen LogP contribution is 2.23. The number of fused-ring (bicyclic) bond motifs is 1. The van der Waals surface area contributed by atoms with Gasteiger partial charge in [0.25, 0.3) is 0 Å². The smallest absolute Gasteiger partial charge is 0.142 e. The number of nitrogens with zero attached hydrogens (tertiary/aromatic N) is 1. The van der Waals surface area contributed by atoms with Crippen LogP contribution in [0.5, 0.6) is 0 Å². The average molecular weight is 321 g/mol. The Labute approximate surface area is 131 Å². The van der Waals surface area contributed by atoms with Crippen LogP contribution in [0.2, 0.25) is 5.02 Å². The predicted molar refractivity (Wildman–Crippen MR) is 86.3 cm³/mol. The van der Waals surface area contributed by atoms with E-state index in [0.717, 1.165) is 16.1 Å². The van der Waals surface area contributed by atoms with Crippen molar-refractivity contribution in [3.05, 3.63) is 63.9 Å². The maximum atomic E-state index is 13.5. The SMILES string of the molecule is CC(NCc1nc2ccccc2s1)c1ccc(Cl)c(F)c1. The molecule has 0 amide bonds. The lowest BCUT2D eigenvalue weighted by Gasteiger charge is -2.13. The van der Waals surface area contributed by atoms with E-state index in [1.165, 1.54) is 10.8 Å². The lowest BCUT2D eigenvalue weighted by molar-refractivity contribution is 0.564. The summed E-state index contributed by atoms with van der Waals surface area (Å²) in [6.45, 7) is 2.65. The zero-order valence-electron chi connectivity index (χ0n) is 11.4. The topological polar surface area (TPSA) is 24.9 Å². The van der Waals surface area contributed by atoms with Crippen LogP contribution in [-0.4, -0.2) is 4.98 Å². The van der Waals surface area contributed by atoms with Gasteiger partial charge in [-0.05, 0) is 36.8 Å². The lowest BCUT2D eigenvalue weighted by Crippen LogP contribution is -2.18. The molecule has 0 aliphatic carbocycles. The van der Waals surface area contributed by atoms with Crippen molar-refractivity contribution in [2.24, 2.45) is 0 Å². The van der Waals surface area contributed by atoms with Crippen LogP contribution in [-0.2, 0) is 6.54 Å². The van der Waals surface area contributed by atoms with Crippen LogP contribution in [0.15, 0.2) is 42.5 Å². The molecular formula is C16H14ClFN2S. The minimum atomic E-state index is -0.386. The van der Waals surface area contributed by atoms with Crippen LogP contribution in [0, 0.1) is 5.82 Å². The third-order valence-corrected chi connectivity index (χ3v) is 4.68. The van der Waals surface area contributed by atoms with Crippen molar-refractivity contribution in [2.45, 2.75) is 19.5 Å². The van der Waals surface area contributed by atoms with Crippen molar-refractivity contribution in [1.82, 2.24) is 10.3 Å². The van der Waals surface area contributed by atoms with Crippen LogP contribution in [0.25, 0.3) is 10.2 Å². The molecule has 0 fully saturated rings. The van der Waals surface area contributed by atoms with E-state index in [1.807, 2.05) is 31.2 Å². The van der Waals surface area contributed by atoms with Gasteiger partial charge in [-0.1, -0.05) is 29.8 Å². The van der Waals surface area contributed by atoms with E-state index in [-0.39, 0.29) is 16.9 Å². The van der Waals surface area contributed by atoms with Crippen molar-refractivity contribution < 1.29 is 4.39 Å². The molecule has 0 aliphatic heterocycles. The first-order valence-electron chi connectivity index (χ1n) is 6.66. The van der Waals surface area contributed by atoms with Gasteiger partial charge in [0.05, 0.1) is 15.2 Å². The van der Waals surface area contributed by atoms with Gasteiger partial charge in [-0.15, -0.1) is 11.3 Å². The van der Waals surface area contributed by atoms with Gasteiger partial charge < -0.3 is 5.32 Å². The molecule has 0 radical (unpaired) electrons. The Morgan fingerprint density at radius 3 is 2.86 bits per heavy atom. The fraction of sp³-hybridized carbons (Fsp3) is 0.188. The Morgan fingerprint density at radius 1 is 1.29 bits per heavy atom. The largest absolute Gasteiger partial charge is 0.304 e. The molecule has 1 unspecified atom stereocenters. The maximum Gasteiger partial charge on any atom is 0.142 e. The molecule has 0 aliphatic rings. The molecule has 1 heterocycles. The number of hydrogen-bond donors (Lipinski definition) is 1. The number of benzene rings is 2. The first kappa shape index (κ1) is 14.4. The highest BCUT2D eigenvalue weighted by Gasteiger charge is 2.09. The highest BCUT2D eigenvalue weighted by molar-refractivity contribution is 7.18. The molecule has 5 heteroatoms. The van der Waals surface area contributed by atoms with E-state index in [1.54, 1.807) is 17.4 Å². The second kappa shape index (κ2) is 6.10. The highest BCUT2D eigenvalue weighted by atomic mass is 35.5. The summed E-state index contributed by atoms with van der Waals surface area (Å²) in [6, 6.07) is 13.0. The fourth-order valence-electron chi connectivity index (χ4n) is 2.14. The number of thiazole rings is 1. The molecule has 1 atom stereocenters. The second-order valence-electron chi connectivity index (χ2n) is 4.85. The van der Waals surface area contributed by atoms with E-state index in [2.05, 4.69) is 16.4 Å². The third kappa shape index (κ3) is 3.23. The van der Waals surface area contributed by atoms with Crippen LogP contribution in [0.4, 0.5) is 4.39 Å². The molecule has 0 saturated carbocycles. The predicted octanol–water partition coefficient (Wildman–Crippen LogP) is 4.94. The lowest BCUT2D eigenvalue weighted by atomic mass is 10.1. The van der Waals surface area contributed by atoms with Gasteiger partial charge in [-0.25, -0.2) is 9.37 Å².